The maximum absolute atomic E-state index is 12.9. The number of carbonyl (C=O) groups is 2. The van der Waals surface area contributed by atoms with Crippen molar-refractivity contribution in [3.8, 4) is 5.75 Å². The lowest BCUT2D eigenvalue weighted by Crippen LogP contribution is -2.22. The molecule has 1 aliphatic rings. The number of carbonyl (C=O) groups excluding carboxylic acids is 2. The van der Waals surface area contributed by atoms with Crippen LogP contribution in [0.15, 0.2) is 51.8 Å². The van der Waals surface area contributed by atoms with Crippen molar-refractivity contribution in [2.24, 2.45) is 0 Å². The van der Waals surface area contributed by atoms with E-state index in [1.54, 1.807) is 30.3 Å². The van der Waals surface area contributed by atoms with Crippen LogP contribution in [0.25, 0.3) is 6.08 Å². The molecule has 0 bridgehead atoms. The molecule has 0 aromatic heterocycles. The van der Waals surface area contributed by atoms with Gasteiger partial charge in [0.2, 0.25) is 0 Å². The number of likely N-dealkylation sites (N-methyl/N-ethyl adjacent to an activating group) is 1. The number of benzene rings is 2. The zero-order chi connectivity index (χ0) is 18.0. The van der Waals surface area contributed by atoms with Gasteiger partial charge in [-0.15, -0.1) is 0 Å². The highest BCUT2D eigenvalue weighted by molar-refractivity contribution is 9.10. The van der Waals surface area contributed by atoms with E-state index in [4.69, 9.17) is 4.74 Å². The number of hydrogen-bond acceptors (Lipinski definition) is 4. The van der Waals surface area contributed by atoms with Crippen LogP contribution in [0, 0.1) is 5.82 Å². The van der Waals surface area contributed by atoms with Gasteiger partial charge in [0.1, 0.15) is 18.2 Å². The Morgan fingerprint density at radius 3 is 2.52 bits per heavy atom. The van der Waals surface area contributed by atoms with Crippen molar-refractivity contribution >= 4 is 44.9 Å². The molecule has 1 fully saturated rings. The molecule has 2 aromatic carbocycles. The first kappa shape index (κ1) is 17.7. The number of rotatable bonds is 4. The van der Waals surface area contributed by atoms with E-state index in [0.29, 0.717) is 17.3 Å². The zero-order valence-corrected chi connectivity index (χ0v) is 15.6. The largest absolute Gasteiger partial charge is 0.488 e. The molecule has 7 heteroatoms. The van der Waals surface area contributed by atoms with Crippen molar-refractivity contribution < 1.29 is 18.7 Å². The first-order valence-corrected chi connectivity index (χ1v) is 8.93. The third-order valence-electron chi connectivity index (χ3n) is 3.55. The number of halogens is 2. The molecule has 128 valence electrons. The van der Waals surface area contributed by atoms with Crippen LogP contribution in [-0.2, 0) is 11.4 Å². The minimum atomic E-state index is -0.303. The maximum atomic E-state index is 12.9. The van der Waals surface area contributed by atoms with Crippen molar-refractivity contribution in [2.75, 3.05) is 7.05 Å². The van der Waals surface area contributed by atoms with E-state index in [0.717, 1.165) is 32.3 Å². The first-order valence-electron chi connectivity index (χ1n) is 7.32. The Hall–Kier alpha value is -2.12. The van der Waals surface area contributed by atoms with Gasteiger partial charge >= 0.3 is 0 Å². The summed E-state index contributed by atoms with van der Waals surface area (Å²) in [5.41, 5.74) is 1.63. The van der Waals surface area contributed by atoms with Crippen LogP contribution in [0.3, 0.4) is 0 Å². The van der Waals surface area contributed by atoms with Gasteiger partial charge in [-0.05, 0) is 69.2 Å². The van der Waals surface area contributed by atoms with Gasteiger partial charge in [0.25, 0.3) is 11.1 Å². The maximum Gasteiger partial charge on any atom is 0.293 e. The predicted molar refractivity (Wildman–Crippen MR) is 98.6 cm³/mol. The summed E-state index contributed by atoms with van der Waals surface area (Å²) in [4.78, 5) is 24.9. The molecule has 2 amide bonds. The lowest BCUT2D eigenvalue weighted by molar-refractivity contribution is -0.121. The van der Waals surface area contributed by atoms with Crippen LogP contribution in [0.2, 0.25) is 0 Å². The number of imide groups is 1. The Bertz CT molecular complexity index is 867. The predicted octanol–water partition coefficient (Wildman–Crippen LogP) is 4.83. The molecule has 3 rings (SSSR count). The minimum Gasteiger partial charge on any atom is -0.488 e. The second-order valence-electron chi connectivity index (χ2n) is 5.35. The molecule has 1 heterocycles. The topological polar surface area (TPSA) is 46.6 Å². The van der Waals surface area contributed by atoms with Gasteiger partial charge in [0.05, 0.1) is 9.38 Å². The Balaban J connectivity index is 1.72. The Labute approximate surface area is 156 Å². The summed E-state index contributed by atoms with van der Waals surface area (Å²) in [5, 5.41) is -0.283. The average Bonchev–Trinajstić information content (AvgIpc) is 2.83. The van der Waals surface area contributed by atoms with Crippen molar-refractivity contribution in [2.45, 2.75) is 6.61 Å². The fourth-order valence-electron chi connectivity index (χ4n) is 2.16. The average molecular weight is 422 g/mol. The lowest BCUT2D eigenvalue weighted by Gasteiger charge is -2.09. The number of thioether (sulfide) groups is 1. The molecule has 0 aliphatic carbocycles. The van der Waals surface area contributed by atoms with Crippen LogP contribution in [0.4, 0.5) is 9.18 Å². The van der Waals surface area contributed by atoms with E-state index in [9.17, 15) is 14.0 Å². The molecule has 1 aliphatic heterocycles. The molecule has 1 saturated heterocycles. The molecule has 0 spiro atoms. The van der Waals surface area contributed by atoms with Crippen molar-refractivity contribution in [1.29, 1.82) is 0 Å². The van der Waals surface area contributed by atoms with E-state index in [2.05, 4.69) is 15.9 Å². The standard InChI is InChI=1S/C18H13BrFNO3S/c1-21-17(22)16(25-18(21)23)9-12-4-7-15(14(19)8-12)24-10-11-2-5-13(20)6-3-11/h2-9H,10H2,1H3. The summed E-state index contributed by atoms with van der Waals surface area (Å²) in [6.45, 7) is 0.312. The molecule has 4 nitrogen and oxygen atoms in total. The summed E-state index contributed by atoms with van der Waals surface area (Å²) in [7, 11) is 1.46. The Morgan fingerprint density at radius 1 is 1.20 bits per heavy atom. The van der Waals surface area contributed by atoms with Crippen molar-refractivity contribution in [3.63, 3.8) is 0 Å². The second kappa shape index (κ2) is 7.41. The van der Waals surface area contributed by atoms with Crippen LogP contribution < -0.4 is 4.74 Å². The normalized spacial score (nSPS) is 16.0. The number of amides is 2. The number of ether oxygens (including phenoxy) is 1. The summed E-state index contributed by atoms with van der Waals surface area (Å²) >= 11 is 4.35. The van der Waals surface area contributed by atoms with Gasteiger partial charge in [-0.1, -0.05) is 18.2 Å². The van der Waals surface area contributed by atoms with Crippen LogP contribution in [-0.4, -0.2) is 23.1 Å². The molecule has 0 unspecified atom stereocenters. The van der Waals surface area contributed by atoms with Gasteiger partial charge in [-0.2, -0.15) is 0 Å². The fourth-order valence-corrected chi connectivity index (χ4v) is 3.50. The monoisotopic (exact) mass is 421 g/mol. The summed E-state index contributed by atoms with van der Waals surface area (Å²) in [6.07, 6.45) is 1.67. The van der Waals surface area contributed by atoms with E-state index >= 15 is 0 Å². The van der Waals surface area contributed by atoms with Gasteiger partial charge in [-0.25, -0.2) is 4.39 Å². The van der Waals surface area contributed by atoms with Crippen molar-refractivity contribution in [3.05, 3.63) is 68.8 Å². The van der Waals surface area contributed by atoms with Gasteiger partial charge < -0.3 is 4.74 Å². The Morgan fingerprint density at radius 2 is 1.92 bits per heavy atom. The smallest absolute Gasteiger partial charge is 0.293 e. The van der Waals surface area contributed by atoms with Gasteiger partial charge in [0, 0.05) is 7.05 Å². The van der Waals surface area contributed by atoms with Crippen LogP contribution >= 0.6 is 27.7 Å². The number of nitrogens with zero attached hydrogens (tertiary/aromatic N) is 1. The van der Waals surface area contributed by atoms with Gasteiger partial charge in [0.15, 0.2) is 0 Å². The number of hydrogen-bond donors (Lipinski definition) is 0. The van der Waals surface area contributed by atoms with E-state index in [-0.39, 0.29) is 17.0 Å². The molecule has 0 N–H and O–H groups in total. The highest BCUT2D eigenvalue weighted by atomic mass is 79.9. The lowest BCUT2D eigenvalue weighted by atomic mass is 10.2. The molecular weight excluding hydrogens is 409 g/mol. The first-order chi connectivity index (χ1) is 11.9. The van der Waals surface area contributed by atoms with Crippen molar-refractivity contribution in [1.82, 2.24) is 4.90 Å². The third kappa shape index (κ3) is 4.11. The molecule has 2 aromatic rings. The molecular formula is C18H13BrFNO3S. The zero-order valence-electron chi connectivity index (χ0n) is 13.2. The molecule has 0 saturated carbocycles. The molecule has 0 radical (unpaired) electrons. The summed E-state index contributed by atoms with van der Waals surface area (Å²) < 4.78 is 19.3. The summed E-state index contributed by atoms with van der Waals surface area (Å²) in [5.74, 6) is 0.0404. The van der Waals surface area contributed by atoms with Crippen LogP contribution in [0.5, 0.6) is 5.75 Å². The fraction of sp³-hybridized carbons (Fsp3) is 0.111. The quantitative estimate of drug-likeness (QED) is 0.663. The van der Waals surface area contributed by atoms with E-state index in [1.165, 1.54) is 19.2 Å². The second-order valence-corrected chi connectivity index (χ2v) is 7.19. The van der Waals surface area contributed by atoms with Gasteiger partial charge in [-0.3, -0.25) is 14.5 Å². The van der Waals surface area contributed by atoms with Crippen LogP contribution in [0.1, 0.15) is 11.1 Å². The Kier molecular flexibility index (Phi) is 5.24. The molecule has 25 heavy (non-hydrogen) atoms. The van der Waals surface area contributed by atoms with E-state index in [1.807, 2.05) is 6.07 Å². The minimum absolute atomic E-state index is 0.283. The highest BCUT2D eigenvalue weighted by Gasteiger charge is 2.31. The SMILES string of the molecule is CN1C(=O)SC(=Cc2ccc(OCc3ccc(F)cc3)c(Br)c2)C1=O. The third-order valence-corrected chi connectivity index (χ3v) is 5.13. The molecule has 0 atom stereocenters. The summed E-state index contributed by atoms with van der Waals surface area (Å²) in [6, 6.07) is 11.5. The van der Waals surface area contributed by atoms with E-state index < -0.39 is 0 Å². The highest BCUT2D eigenvalue weighted by Crippen LogP contribution is 2.33.